The SMILES string of the molecule is CCn1cnc2cc(C)c(F)c(F)c21. The number of rotatable bonds is 1. The van der Waals surface area contributed by atoms with Crippen LogP contribution in [-0.2, 0) is 6.54 Å². The van der Waals surface area contributed by atoms with E-state index in [0.29, 0.717) is 12.1 Å². The molecule has 0 atom stereocenters. The fourth-order valence-corrected chi connectivity index (χ4v) is 1.53. The number of hydrogen-bond acceptors (Lipinski definition) is 1. The summed E-state index contributed by atoms with van der Waals surface area (Å²) in [4.78, 5) is 4.01. The molecule has 0 saturated carbocycles. The van der Waals surface area contributed by atoms with Crippen LogP contribution in [0.15, 0.2) is 12.4 Å². The Balaban J connectivity index is 2.88. The van der Waals surface area contributed by atoms with E-state index in [1.807, 2.05) is 6.92 Å². The van der Waals surface area contributed by atoms with E-state index in [1.165, 1.54) is 13.3 Å². The van der Waals surface area contributed by atoms with Crippen molar-refractivity contribution in [3.05, 3.63) is 29.6 Å². The highest BCUT2D eigenvalue weighted by molar-refractivity contribution is 5.77. The van der Waals surface area contributed by atoms with Gasteiger partial charge in [-0.05, 0) is 25.5 Å². The molecule has 0 fully saturated rings. The van der Waals surface area contributed by atoms with Crippen LogP contribution in [-0.4, -0.2) is 9.55 Å². The summed E-state index contributed by atoms with van der Waals surface area (Å²) in [6.45, 7) is 3.97. The highest BCUT2D eigenvalue weighted by Crippen LogP contribution is 2.22. The lowest BCUT2D eigenvalue weighted by Gasteiger charge is -2.02. The summed E-state index contributed by atoms with van der Waals surface area (Å²) in [7, 11) is 0. The van der Waals surface area contributed by atoms with Gasteiger partial charge in [0, 0.05) is 6.54 Å². The number of aromatic nitrogens is 2. The molecule has 0 aliphatic carbocycles. The van der Waals surface area contributed by atoms with Crippen molar-refractivity contribution in [1.82, 2.24) is 9.55 Å². The molecule has 0 amide bonds. The molecule has 0 aliphatic heterocycles. The van der Waals surface area contributed by atoms with E-state index in [0.717, 1.165) is 0 Å². The van der Waals surface area contributed by atoms with Gasteiger partial charge in [-0.1, -0.05) is 0 Å². The Hall–Kier alpha value is -1.45. The van der Waals surface area contributed by atoms with Crippen LogP contribution in [0.1, 0.15) is 12.5 Å². The molecule has 14 heavy (non-hydrogen) atoms. The number of nitrogens with zero attached hydrogens (tertiary/aromatic N) is 2. The van der Waals surface area contributed by atoms with Gasteiger partial charge in [0.2, 0.25) is 0 Å². The van der Waals surface area contributed by atoms with Crippen molar-refractivity contribution in [3.63, 3.8) is 0 Å². The van der Waals surface area contributed by atoms with Crippen molar-refractivity contribution in [3.8, 4) is 0 Å². The number of benzene rings is 1. The van der Waals surface area contributed by atoms with Gasteiger partial charge in [-0.25, -0.2) is 13.8 Å². The van der Waals surface area contributed by atoms with Gasteiger partial charge in [0.25, 0.3) is 0 Å². The lowest BCUT2D eigenvalue weighted by atomic mass is 10.2. The van der Waals surface area contributed by atoms with Crippen LogP contribution in [0.4, 0.5) is 8.78 Å². The Morgan fingerprint density at radius 2 is 2.07 bits per heavy atom. The first-order chi connectivity index (χ1) is 6.65. The molecule has 0 aliphatic rings. The van der Waals surface area contributed by atoms with E-state index < -0.39 is 11.6 Å². The summed E-state index contributed by atoms with van der Waals surface area (Å²) in [6, 6.07) is 1.56. The summed E-state index contributed by atoms with van der Waals surface area (Å²) < 4.78 is 28.3. The molecule has 2 rings (SSSR count). The van der Waals surface area contributed by atoms with Crippen molar-refractivity contribution < 1.29 is 8.78 Å². The highest BCUT2D eigenvalue weighted by Gasteiger charge is 2.14. The molecule has 74 valence electrons. The van der Waals surface area contributed by atoms with E-state index in [1.54, 1.807) is 10.6 Å². The molecular formula is C10H10F2N2. The van der Waals surface area contributed by atoms with E-state index >= 15 is 0 Å². The average Bonchev–Trinajstić information content (AvgIpc) is 2.57. The zero-order valence-electron chi connectivity index (χ0n) is 8.01. The average molecular weight is 196 g/mol. The van der Waals surface area contributed by atoms with Crippen LogP contribution in [0, 0.1) is 18.6 Å². The van der Waals surface area contributed by atoms with E-state index in [4.69, 9.17) is 0 Å². The van der Waals surface area contributed by atoms with Gasteiger partial charge >= 0.3 is 0 Å². The molecule has 0 spiro atoms. The minimum absolute atomic E-state index is 0.246. The summed E-state index contributed by atoms with van der Waals surface area (Å²) in [5.41, 5.74) is 1.04. The topological polar surface area (TPSA) is 17.8 Å². The van der Waals surface area contributed by atoms with Gasteiger partial charge in [0.05, 0.1) is 11.8 Å². The third-order valence-electron chi connectivity index (χ3n) is 2.31. The summed E-state index contributed by atoms with van der Waals surface area (Å²) in [5, 5.41) is 0. The Bertz CT molecular complexity index is 488. The second-order valence-electron chi connectivity index (χ2n) is 3.22. The maximum Gasteiger partial charge on any atom is 0.184 e. The van der Waals surface area contributed by atoms with Gasteiger partial charge in [0.1, 0.15) is 5.52 Å². The fourth-order valence-electron chi connectivity index (χ4n) is 1.53. The van der Waals surface area contributed by atoms with Crippen LogP contribution in [0.2, 0.25) is 0 Å². The first-order valence-electron chi connectivity index (χ1n) is 4.44. The van der Waals surface area contributed by atoms with Crippen molar-refractivity contribution in [2.45, 2.75) is 20.4 Å². The number of hydrogen-bond donors (Lipinski definition) is 0. The van der Waals surface area contributed by atoms with Gasteiger partial charge in [-0.2, -0.15) is 0 Å². The first kappa shape index (κ1) is 9.12. The van der Waals surface area contributed by atoms with E-state index in [2.05, 4.69) is 4.98 Å². The predicted molar refractivity (Wildman–Crippen MR) is 50.1 cm³/mol. The summed E-state index contributed by atoms with van der Waals surface area (Å²) in [5.74, 6) is -1.59. The Labute approximate surface area is 80.2 Å². The zero-order valence-corrected chi connectivity index (χ0v) is 8.01. The van der Waals surface area contributed by atoms with E-state index in [-0.39, 0.29) is 11.1 Å². The quantitative estimate of drug-likeness (QED) is 0.685. The minimum atomic E-state index is -0.806. The van der Waals surface area contributed by atoms with Crippen molar-refractivity contribution in [1.29, 1.82) is 0 Å². The van der Waals surface area contributed by atoms with Gasteiger partial charge in [-0.15, -0.1) is 0 Å². The number of aryl methyl sites for hydroxylation is 2. The standard InChI is InChI=1S/C10H10F2N2/c1-3-14-5-13-7-4-6(2)8(11)9(12)10(7)14/h4-5H,3H2,1-2H3. The Kier molecular flexibility index (Phi) is 1.98. The second-order valence-corrected chi connectivity index (χ2v) is 3.22. The van der Waals surface area contributed by atoms with E-state index in [9.17, 15) is 8.78 Å². The maximum absolute atomic E-state index is 13.5. The number of halogens is 2. The van der Waals surface area contributed by atoms with Crippen LogP contribution in [0.25, 0.3) is 11.0 Å². The molecule has 0 unspecified atom stereocenters. The predicted octanol–water partition coefficient (Wildman–Crippen LogP) is 2.64. The van der Waals surface area contributed by atoms with Crippen molar-refractivity contribution in [2.24, 2.45) is 0 Å². The molecule has 4 heteroatoms. The fraction of sp³-hybridized carbons (Fsp3) is 0.300. The molecule has 1 aromatic carbocycles. The van der Waals surface area contributed by atoms with Crippen LogP contribution in [0.5, 0.6) is 0 Å². The lowest BCUT2D eigenvalue weighted by Crippen LogP contribution is -1.97. The molecule has 1 heterocycles. The molecule has 0 N–H and O–H groups in total. The van der Waals surface area contributed by atoms with Crippen LogP contribution >= 0.6 is 0 Å². The van der Waals surface area contributed by atoms with Gasteiger partial charge in [-0.3, -0.25) is 0 Å². The van der Waals surface area contributed by atoms with Crippen molar-refractivity contribution in [2.75, 3.05) is 0 Å². The lowest BCUT2D eigenvalue weighted by molar-refractivity contribution is 0.506. The van der Waals surface area contributed by atoms with Crippen molar-refractivity contribution >= 4 is 11.0 Å². The summed E-state index contributed by atoms with van der Waals surface area (Å²) in [6.07, 6.45) is 1.52. The maximum atomic E-state index is 13.5. The van der Waals surface area contributed by atoms with Gasteiger partial charge in [0.15, 0.2) is 11.6 Å². The highest BCUT2D eigenvalue weighted by atomic mass is 19.2. The third kappa shape index (κ3) is 1.10. The largest absolute Gasteiger partial charge is 0.328 e. The smallest absolute Gasteiger partial charge is 0.184 e. The van der Waals surface area contributed by atoms with Crippen LogP contribution in [0.3, 0.4) is 0 Å². The molecule has 2 aromatic rings. The molecule has 1 aromatic heterocycles. The minimum Gasteiger partial charge on any atom is -0.328 e. The summed E-state index contributed by atoms with van der Waals surface area (Å²) >= 11 is 0. The monoisotopic (exact) mass is 196 g/mol. The normalized spacial score (nSPS) is 11.1. The molecule has 2 nitrogen and oxygen atoms in total. The van der Waals surface area contributed by atoms with Crippen LogP contribution < -0.4 is 0 Å². The third-order valence-corrected chi connectivity index (χ3v) is 2.31. The Morgan fingerprint density at radius 3 is 2.71 bits per heavy atom. The molecule has 0 bridgehead atoms. The first-order valence-corrected chi connectivity index (χ1v) is 4.44. The zero-order chi connectivity index (χ0) is 10.3. The number of imidazole rings is 1. The molecule has 0 radical (unpaired) electrons. The Morgan fingerprint density at radius 1 is 1.36 bits per heavy atom. The van der Waals surface area contributed by atoms with Gasteiger partial charge < -0.3 is 4.57 Å². The number of fused-ring (bicyclic) bond motifs is 1. The molecular weight excluding hydrogens is 186 g/mol. The molecule has 0 saturated heterocycles. The second kappa shape index (κ2) is 3.04.